The molecule has 0 fully saturated rings. The van der Waals surface area contributed by atoms with Crippen LogP contribution in [0.4, 0.5) is 18.9 Å². The number of nitro groups is 1. The quantitative estimate of drug-likeness (QED) is 0.580. The van der Waals surface area contributed by atoms with E-state index < -0.39 is 29.7 Å². The summed E-state index contributed by atoms with van der Waals surface area (Å²) in [6.07, 6.45) is -4.08. The second-order valence-electron chi connectivity index (χ2n) is 4.46. The highest BCUT2D eigenvalue weighted by molar-refractivity contribution is 5.20. The number of halogens is 3. The van der Waals surface area contributed by atoms with Crippen LogP contribution in [0.25, 0.3) is 0 Å². The van der Waals surface area contributed by atoms with Gasteiger partial charge in [0.05, 0.1) is 24.0 Å². The minimum Gasteiger partial charge on any atom is -0.390 e. The molecule has 20 heavy (non-hydrogen) atoms. The molecule has 2 N–H and O–H groups in total. The van der Waals surface area contributed by atoms with Crippen LogP contribution in [0.5, 0.6) is 0 Å². The first-order chi connectivity index (χ1) is 9.17. The van der Waals surface area contributed by atoms with Crippen LogP contribution in [0.3, 0.4) is 0 Å². The summed E-state index contributed by atoms with van der Waals surface area (Å²) in [6, 6.07) is -0.823. The number of aliphatic hydroxyl groups excluding tert-OH is 1. The lowest BCUT2D eigenvalue weighted by atomic mass is 10.2. The van der Waals surface area contributed by atoms with Crippen molar-refractivity contribution >= 4 is 5.69 Å². The Kier molecular flexibility index (Phi) is 5.45. The minimum atomic E-state index is -4.26. The van der Waals surface area contributed by atoms with Crippen LogP contribution in [0, 0.1) is 10.1 Å². The van der Waals surface area contributed by atoms with E-state index in [1.807, 2.05) is 0 Å². The smallest absolute Gasteiger partial charge is 0.390 e. The second kappa shape index (κ2) is 6.66. The van der Waals surface area contributed by atoms with Crippen molar-refractivity contribution < 1.29 is 23.2 Å². The van der Waals surface area contributed by atoms with E-state index in [1.165, 1.54) is 11.6 Å². The molecular weight excluding hydrogens is 281 g/mol. The Morgan fingerprint density at radius 2 is 2.25 bits per heavy atom. The lowest BCUT2D eigenvalue weighted by molar-refractivity contribution is -0.385. The lowest BCUT2D eigenvalue weighted by Crippen LogP contribution is -2.38. The first-order valence-corrected chi connectivity index (χ1v) is 5.82. The maximum atomic E-state index is 12.1. The van der Waals surface area contributed by atoms with E-state index in [0.29, 0.717) is 0 Å². The molecule has 0 aliphatic carbocycles. The number of aromatic nitrogens is 2. The minimum absolute atomic E-state index is 0.0421. The summed E-state index contributed by atoms with van der Waals surface area (Å²) in [5.41, 5.74) is -0.212. The van der Waals surface area contributed by atoms with Crippen molar-refractivity contribution in [1.82, 2.24) is 15.1 Å². The van der Waals surface area contributed by atoms with Crippen LogP contribution in [-0.4, -0.2) is 44.7 Å². The summed E-state index contributed by atoms with van der Waals surface area (Å²) >= 11 is 0. The Morgan fingerprint density at radius 1 is 1.60 bits per heavy atom. The highest BCUT2D eigenvalue weighted by Crippen LogP contribution is 2.21. The van der Waals surface area contributed by atoms with Crippen LogP contribution in [0.15, 0.2) is 12.4 Å². The molecule has 114 valence electrons. The Morgan fingerprint density at radius 3 is 2.75 bits per heavy atom. The lowest BCUT2D eigenvalue weighted by Gasteiger charge is -2.18. The van der Waals surface area contributed by atoms with Gasteiger partial charge >= 0.3 is 11.9 Å². The van der Waals surface area contributed by atoms with Gasteiger partial charge in [-0.2, -0.15) is 18.3 Å². The monoisotopic (exact) mass is 296 g/mol. The van der Waals surface area contributed by atoms with E-state index in [0.717, 1.165) is 12.4 Å². The first kappa shape index (κ1) is 16.4. The normalized spacial score (nSPS) is 15.1. The van der Waals surface area contributed by atoms with Crippen molar-refractivity contribution in [3.63, 3.8) is 0 Å². The van der Waals surface area contributed by atoms with Crippen LogP contribution in [0.2, 0.25) is 0 Å². The van der Waals surface area contributed by atoms with E-state index >= 15 is 0 Å². The molecule has 1 heterocycles. The van der Waals surface area contributed by atoms with Crippen molar-refractivity contribution in [1.29, 1.82) is 0 Å². The number of hydrogen-bond donors (Lipinski definition) is 2. The van der Waals surface area contributed by atoms with Crippen molar-refractivity contribution in [2.45, 2.75) is 38.2 Å². The van der Waals surface area contributed by atoms with Gasteiger partial charge in [-0.1, -0.05) is 0 Å². The van der Waals surface area contributed by atoms with Gasteiger partial charge in [0, 0.05) is 12.6 Å². The van der Waals surface area contributed by atoms with Crippen molar-refractivity contribution in [3.8, 4) is 0 Å². The van der Waals surface area contributed by atoms with Crippen LogP contribution in [-0.2, 0) is 6.54 Å². The van der Waals surface area contributed by atoms with E-state index in [2.05, 4.69) is 10.4 Å². The molecule has 1 aromatic rings. The first-order valence-electron chi connectivity index (χ1n) is 5.82. The Hall–Kier alpha value is -1.68. The fourth-order valence-corrected chi connectivity index (χ4v) is 1.58. The molecule has 2 unspecified atom stereocenters. The van der Waals surface area contributed by atoms with Gasteiger partial charge in [-0.05, 0) is 6.92 Å². The molecule has 1 rings (SSSR count). The third-order valence-corrected chi connectivity index (χ3v) is 2.47. The molecule has 0 spiro atoms. The molecule has 0 bridgehead atoms. The third kappa shape index (κ3) is 5.97. The van der Waals surface area contributed by atoms with Crippen LogP contribution >= 0.6 is 0 Å². The molecule has 0 saturated heterocycles. The standard InChI is InChI=1S/C10H15F3N4O3/c1-7(2-10(11,12)13)14-4-9(18)6-16-5-8(3-15-16)17(19)20/h3,5,7,9,14,18H,2,4,6H2,1H3. The summed E-state index contributed by atoms with van der Waals surface area (Å²) in [7, 11) is 0. The average molecular weight is 296 g/mol. The molecule has 7 nitrogen and oxygen atoms in total. The zero-order chi connectivity index (χ0) is 15.3. The van der Waals surface area contributed by atoms with Gasteiger partial charge in [-0.3, -0.25) is 14.8 Å². The van der Waals surface area contributed by atoms with E-state index in [4.69, 9.17) is 0 Å². The molecule has 1 aromatic heterocycles. The molecule has 0 amide bonds. The van der Waals surface area contributed by atoms with Gasteiger partial charge in [0.15, 0.2) is 0 Å². The van der Waals surface area contributed by atoms with E-state index in [1.54, 1.807) is 0 Å². The van der Waals surface area contributed by atoms with Gasteiger partial charge < -0.3 is 10.4 Å². The number of aliphatic hydroxyl groups is 1. The van der Waals surface area contributed by atoms with Crippen molar-refractivity contribution in [2.24, 2.45) is 0 Å². The number of hydrogen-bond acceptors (Lipinski definition) is 5. The molecule has 0 aliphatic heterocycles. The van der Waals surface area contributed by atoms with Gasteiger partial charge in [0.1, 0.15) is 12.4 Å². The summed E-state index contributed by atoms with van der Waals surface area (Å²) < 4.78 is 37.4. The Bertz CT molecular complexity index is 449. The molecule has 0 aromatic carbocycles. The van der Waals surface area contributed by atoms with E-state index in [-0.39, 0.29) is 18.8 Å². The molecular formula is C10H15F3N4O3. The van der Waals surface area contributed by atoms with Crippen LogP contribution < -0.4 is 5.32 Å². The number of nitrogens with zero attached hydrogens (tertiary/aromatic N) is 3. The summed E-state index contributed by atoms with van der Waals surface area (Å²) in [4.78, 5) is 9.79. The van der Waals surface area contributed by atoms with Gasteiger partial charge in [-0.15, -0.1) is 0 Å². The van der Waals surface area contributed by atoms with Gasteiger partial charge in [-0.25, -0.2) is 0 Å². The number of alkyl halides is 3. The summed E-state index contributed by atoms with van der Waals surface area (Å²) in [6.45, 7) is 1.25. The fraction of sp³-hybridized carbons (Fsp3) is 0.700. The van der Waals surface area contributed by atoms with Crippen molar-refractivity contribution in [2.75, 3.05) is 6.54 Å². The SMILES string of the molecule is CC(CC(F)(F)F)NCC(O)Cn1cc([N+](=O)[O-])cn1. The fourth-order valence-electron chi connectivity index (χ4n) is 1.58. The van der Waals surface area contributed by atoms with Gasteiger partial charge in [0.25, 0.3) is 0 Å². The zero-order valence-electron chi connectivity index (χ0n) is 10.7. The topological polar surface area (TPSA) is 93.2 Å². The van der Waals surface area contributed by atoms with Gasteiger partial charge in [0.2, 0.25) is 0 Å². The molecule has 0 saturated carbocycles. The third-order valence-electron chi connectivity index (χ3n) is 2.47. The maximum absolute atomic E-state index is 12.1. The summed E-state index contributed by atoms with van der Waals surface area (Å²) in [5.74, 6) is 0. The second-order valence-corrected chi connectivity index (χ2v) is 4.46. The van der Waals surface area contributed by atoms with Crippen molar-refractivity contribution in [3.05, 3.63) is 22.5 Å². The predicted molar refractivity (Wildman–Crippen MR) is 63.0 cm³/mol. The zero-order valence-corrected chi connectivity index (χ0v) is 10.7. The van der Waals surface area contributed by atoms with Crippen LogP contribution in [0.1, 0.15) is 13.3 Å². The Balaban J connectivity index is 2.36. The predicted octanol–water partition coefficient (Wildman–Crippen LogP) is 1.08. The molecule has 0 radical (unpaired) electrons. The number of rotatable bonds is 7. The molecule has 10 heteroatoms. The Labute approximate surface area is 112 Å². The maximum Gasteiger partial charge on any atom is 0.390 e. The highest BCUT2D eigenvalue weighted by atomic mass is 19.4. The highest BCUT2D eigenvalue weighted by Gasteiger charge is 2.29. The largest absolute Gasteiger partial charge is 0.390 e. The molecule has 0 aliphatic rings. The molecule has 2 atom stereocenters. The average Bonchev–Trinajstić information content (AvgIpc) is 2.72. The summed E-state index contributed by atoms with van der Waals surface area (Å²) in [5, 5.41) is 26.3. The number of nitrogens with one attached hydrogen (secondary N) is 1. The van der Waals surface area contributed by atoms with E-state index in [9.17, 15) is 28.4 Å².